The van der Waals surface area contributed by atoms with E-state index in [1.54, 1.807) is 11.9 Å². The Morgan fingerprint density at radius 3 is 2.90 bits per heavy atom. The Morgan fingerprint density at radius 2 is 2.19 bits per heavy atom. The number of rotatable bonds is 2. The molecule has 2 rings (SSSR count). The van der Waals surface area contributed by atoms with Gasteiger partial charge in [0.25, 0.3) is 0 Å². The molecule has 1 aromatic rings. The van der Waals surface area contributed by atoms with Crippen LogP contribution in [0.15, 0.2) is 18.2 Å². The highest BCUT2D eigenvalue weighted by Crippen LogP contribution is 2.24. The molecular formula is C14H17ClFN3O2. The van der Waals surface area contributed by atoms with E-state index in [1.807, 2.05) is 0 Å². The fourth-order valence-electron chi connectivity index (χ4n) is 2.37. The third-order valence-corrected chi connectivity index (χ3v) is 3.83. The van der Waals surface area contributed by atoms with Crippen molar-refractivity contribution in [2.45, 2.75) is 12.8 Å². The van der Waals surface area contributed by atoms with E-state index in [0.717, 1.165) is 12.8 Å². The standard InChI is InChI=1S/C14H17ClFN3O2/c1-17-13(20)9-3-2-6-19(8-9)14(21)18-12-7-10(16)4-5-11(12)15/h4-5,7,9H,2-3,6,8H2,1H3,(H,17,20)(H,18,21)/t9-/m1/s1. The summed E-state index contributed by atoms with van der Waals surface area (Å²) in [5.41, 5.74) is 0.226. The van der Waals surface area contributed by atoms with Crippen molar-refractivity contribution in [3.8, 4) is 0 Å². The molecular weight excluding hydrogens is 297 g/mol. The molecule has 0 bridgehead atoms. The molecule has 21 heavy (non-hydrogen) atoms. The quantitative estimate of drug-likeness (QED) is 0.881. The lowest BCUT2D eigenvalue weighted by Gasteiger charge is -2.31. The first kappa shape index (κ1) is 15.6. The molecule has 114 valence electrons. The summed E-state index contributed by atoms with van der Waals surface area (Å²) in [7, 11) is 1.58. The van der Waals surface area contributed by atoms with Crippen molar-refractivity contribution in [2.75, 3.05) is 25.5 Å². The topological polar surface area (TPSA) is 61.4 Å². The summed E-state index contributed by atoms with van der Waals surface area (Å²) >= 11 is 5.92. The predicted octanol–water partition coefficient (Wildman–Crippen LogP) is 2.47. The number of anilines is 1. The first-order chi connectivity index (χ1) is 10.0. The minimum atomic E-state index is -0.475. The maximum Gasteiger partial charge on any atom is 0.321 e. The first-order valence-electron chi connectivity index (χ1n) is 6.74. The fourth-order valence-corrected chi connectivity index (χ4v) is 2.53. The molecule has 0 spiro atoms. The number of likely N-dealkylation sites (tertiary alicyclic amines) is 1. The van der Waals surface area contributed by atoms with Gasteiger partial charge in [0.15, 0.2) is 0 Å². The molecule has 5 nitrogen and oxygen atoms in total. The lowest BCUT2D eigenvalue weighted by molar-refractivity contribution is -0.125. The van der Waals surface area contributed by atoms with Gasteiger partial charge in [-0.2, -0.15) is 0 Å². The molecule has 1 atom stereocenters. The van der Waals surface area contributed by atoms with E-state index < -0.39 is 5.82 Å². The van der Waals surface area contributed by atoms with Crippen LogP contribution in [0, 0.1) is 11.7 Å². The van der Waals surface area contributed by atoms with Crippen LogP contribution in [0.3, 0.4) is 0 Å². The van der Waals surface area contributed by atoms with Crippen molar-refractivity contribution in [1.82, 2.24) is 10.2 Å². The maximum absolute atomic E-state index is 13.2. The van der Waals surface area contributed by atoms with Crippen LogP contribution in [0.1, 0.15) is 12.8 Å². The Hall–Kier alpha value is -1.82. The zero-order valence-corrected chi connectivity index (χ0v) is 12.4. The zero-order valence-electron chi connectivity index (χ0n) is 11.7. The molecule has 1 aliphatic heterocycles. The fraction of sp³-hybridized carbons (Fsp3) is 0.429. The Labute approximate surface area is 127 Å². The number of hydrogen-bond donors (Lipinski definition) is 2. The normalized spacial score (nSPS) is 18.2. The van der Waals surface area contributed by atoms with Gasteiger partial charge in [-0.25, -0.2) is 9.18 Å². The second-order valence-corrected chi connectivity index (χ2v) is 5.36. The van der Waals surface area contributed by atoms with Crippen molar-refractivity contribution in [2.24, 2.45) is 5.92 Å². The molecule has 0 aliphatic carbocycles. The summed E-state index contributed by atoms with van der Waals surface area (Å²) in [5.74, 6) is -0.759. The van der Waals surface area contributed by atoms with E-state index in [-0.39, 0.29) is 28.6 Å². The van der Waals surface area contributed by atoms with Crippen LogP contribution in [0.4, 0.5) is 14.9 Å². The van der Waals surface area contributed by atoms with Crippen LogP contribution in [0.2, 0.25) is 5.02 Å². The summed E-state index contributed by atoms with van der Waals surface area (Å²) in [5, 5.41) is 5.44. The van der Waals surface area contributed by atoms with Crippen molar-refractivity contribution in [3.63, 3.8) is 0 Å². The molecule has 0 saturated carbocycles. The Balaban J connectivity index is 2.02. The number of hydrogen-bond acceptors (Lipinski definition) is 2. The highest BCUT2D eigenvalue weighted by Gasteiger charge is 2.28. The Bertz CT molecular complexity index is 553. The third kappa shape index (κ3) is 3.85. The van der Waals surface area contributed by atoms with E-state index in [2.05, 4.69) is 10.6 Å². The van der Waals surface area contributed by atoms with Crippen LogP contribution in [0.5, 0.6) is 0 Å². The van der Waals surface area contributed by atoms with Crippen molar-refractivity contribution < 1.29 is 14.0 Å². The van der Waals surface area contributed by atoms with Gasteiger partial charge in [-0.3, -0.25) is 4.79 Å². The lowest BCUT2D eigenvalue weighted by atomic mass is 9.97. The smallest absolute Gasteiger partial charge is 0.321 e. The second-order valence-electron chi connectivity index (χ2n) is 4.95. The maximum atomic E-state index is 13.2. The average molecular weight is 314 g/mol. The largest absolute Gasteiger partial charge is 0.359 e. The number of benzene rings is 1. The Kier molecular flexibility index (Phi) is 5.01. The number of carbonyl (C=O) groups excluding carboxylic acids is 2. The highest BCUT2D eigenvalue weighted by atomic mass is 35.5. The van der Waals surface area contributed by atoms with E-state index in [9.17, 15) is 14.0 Å². The molecule has 1 saturated heterocycles. The molecule has 1 fully saturated rings. The molecule has 7 heteroatoms. The van der Waals surface area contributed by atoms with E-state index in [0.29, 0.717) is 13.1 Å². The summed E-state index contributed by atoms with van der Waals surface area (Å²) in [6.45, 7) is 0.907. The molecule has 0 unspecified atom stereocenters. The van der Waals surface area contributed by atoms with E-state index in [1.165, 1.54) is 18.2 Å². The molecule has 1 aliphatic rings. The highest BCUT2D eigenvalue weighted by molar-refractivity contribution is 6.33. The third-order valence-electron chi connectivity index (χ3n) is 3.50. The number of nitrogens with one attached hydrogen (secondary N) is 2. The van der Waals surface area contributed by atoms with Gasteiger partial charge in [0.1, 0.15) is 5.82 Å². The van der Waals surface area contributed by atoms with Crippen molar-refractivity contribution in [1.29, 1.82) is 0 Å². The van der Waals surface area contributed by atoms with Crippen molar-refractivity contribution in [3.05, 3.63) is 29.0 Å². The van der Waals surface area contributed by atoms with Crippen LogP contribution in [-0.2, 0) is 4.79 Å². The van der Waals surface area contributed by atoms with Crippen LogP contribution in [-0.4, -0.2) is 37.0 Å². The van der Waals surface area contributed by atoms with E-state index >= 15 is 0 Å². The number of nitrogens with zero attached hydrogens (tertiary/aromatic N) is 1. The number of urea groups is 1. The molecule has 2 N–H and O–H groups in total. The SMILES string of the molecule is CNC(=O)[C@@H]1CCCN(C(=O)Nc2cc(F)ccc2Cl)C1. The zero-order chi connectivity index (χ0) is 15.4. The van der Waals surface area contributed by atoms with Gasteiger partial charge in [-0.15, -0.1) is 0 Å². The minimum Gasteiger partial charge on any atom is -0.359 e. The van der Waals surface area contributed by atoms with Gasteiger partial charge < -0.3 is 15.5 Å². The summed E-state index contributed by atoms with van der Waals surface area (Å²) in [6, 6.07) is 3.40. The number of carbonyl (C=O) groups is 2. The van der Waals surface area contributed by atoms with Gasteiger partial charge in [0.05, 0.1) is 16.6 Å². The van der Waals surface area contributed by atoms with Gasteiger partial charge in [-0.05, 0) is 31.0 Å². The molecule has 0 radical (unpaired) electrons. The number of halogens is 2. The van der Waals surface area contributed by atoms with Crippen LogP contribution >= 0.6 is 11.6 Å². The molecule has 1 aromatic carbocycles. The van der Waals surface area contributed by atoms with Gasteiger partial charge in [-0.1, -0.05) is 11.6 Å². The van der Waals surface area contributed by atoms with Gasteiger partial charge in [0.2, 0.25) is 5.91 Å². The monoisotopic (exact) mass is 313 g/mol. The van der Waals surface area contributed by atoms with Gasteiger partial charge >= 0.3 is 6.03 Å². The number of piperidine rings is 1. The van der Waals surface area contributed by atoms with Gasteiger partial charge in [0, 0.05) is 20.1 Å². The van der Waals surface area contributed by atoms with E-state index in [4.69, 9.17) is 11.6 Å². The summed E-state index contributed by atoms with van der Waals surface area (Å²) < 4.78 is 13.2. The average Bonchev–Trinajstić information content (AvgIpc) is 2.50. The molecule has 0 aromatic heterocycles. The molecule has 1 heterocycles. The lowest BCUT2D eigenvalue weighted by Crippen LogP contribution is -2.46. The second kappa shape index (κ2) is 6.76. The minimum absolute atomic E-state index is 0.0729. The van der Waals surface area contributed by atoms with Crippen molar-refractivity contribution >= 4 is 29.2 Å². The first-order valence-corrected chi connectivity index (χ1v) is 7.11. The predicted molar refractivity (Wildman–Crippen MR) is 78.8 cm³/mol. The molecule has 3 amide bonds. The summed E-state index contributed by atoms with van der Waals surface area (Å²) in [6.07, 6.45) is 1.51. The van der Waals surface area contributed by atoms with Crippen LogP contribution in [0.25, 0.3) is 0 Å². The Morgan fingerprint density at radius 1 is 1.43 bits per heavy atom. The number of amides is 3. The van der Waals surface area contributed by atoms with Crippen LogP contribution < -0.4 is 10.6 Å². The summed E-state index contributed by atoms with van der Waals surface area (Å²) in [4.78, 5) is 25.4.